The Morgan fingerprint density at radius 2 is 2.06 bits per heavy atom. The fourth-order valence-electron chi connectivity index (χ4n) is 1.39. The first-order chi connectivity index (χ1) is 8.58. The summed E-state index contributed by atoms with van der Waals surface area (Å²) in [6.07, 6.45) is 2.24. The minimum atomic E-state index is -1.01. The topological polar surface area (TPSA) is 61.6 Å². The third-order valence-corrected chi connectivity index (χ3v) is 2.63. The van der Waals surface area contributed by atoms with Gasteiger partial charge in [0, 0.05) is 6.07 Å². The molecule has 0 bridgehead atoms. The van der Waals surface area contributed by atoms with Crippen molar-refractivity contribution in [1.29, 1.82) is 0 Å². The third-order valence-electron chi connectivity index (χ3n) is 2.63. The minimum absolute atomic E-state index is 0.244. The number of rotatable bonds is 5. The normalized spacial score (nSPS) is 14.6. The zero-order valence-electron chi connectivity index (χ0n) is 9.62. The number of nitrogens with two attached hydrogens (primary N) is 1. The average molecular weight is 257 g/mol. The number of halogens is 2. The predicted octanol–water partition coefficient (Wildman–Crippen LogP) is 2.09. The molecule has 4 nitrogen and oxygen atoms in total. The zero-order chi connectivity index (χ0) is 13.1. The Hall–Kier alpha value is -1.69. The maximum atomic E-state index is 13.3. The van der Waals surface area contributed by atoms with E-state index in [0.29, 0.717) is 18.6 Å². The highest BCUT2D eigenvalue weighted by Gasteiger charge is 2.21. The monoisotopic (exact) mass is 257 g/mol. The molecular formula is C12H13F2NO3. The van der Waals surface area contributed by atoms with Crippen molar-refractivity contribution in [2.24, 2.45) is 5.92 Å². The van der Waals surface area contributed by atoms with Crippen LogP contribution in [0.5, 0.6) is 0 Å². The van der Waals surface area contributed by atoms with Gasteiger partial charge in [-0.1, -0.05) is 0 Å². The fourth-order valence-corrected chi connectivity index (χ4v) is 1.39. The van der Waals surface area contributed by atoms with Gasteiger partial charge < -0.3 is 15.2 Å². The van der Waals surface area contributed by atoms with Crippen LogP contribution in [0.1, 0.15) is 23.2 Å². The van der Waals surface area contributed by atoms with E-state index in [1.165, 1.54) is 0 Å². The number of carbonyl (C=O) groups excluding carboxylic acids is 1. The summed E-state index contributed by atoms with van der Waals surface area (Å²) in [5.41, 5.74) is 4.55. The van der Waals surface area contributed by atoms with Crippen LogP contribution in [-0.4, -0.2) is 19.4 Å². The summed E-state index contributed by atoms with van der Waals surface area (Å²) in [7, 11) is 0. The second-order valence-corrected chi connectivity index (χ2v) is 4.22. The molecule has 0 amide bonds. The Balaban J connectivity index is 1.88. The molecule has 0 spiro atoms. The lowest BCUT2D eigenvalue weighted by Gasteiger charge is -2.07. The van der Waals surface area contributed by atoms with Gasteiger partial charge in [0.1, 0.15) is 11.6 Å². The summed E-state index contributed by atoms with van der Waals surface area (Å²) >= 11 is 0. The van der Waals surface area contributed by atoms with Crippen LogP contribution in [0.4, 0.5) is 14.5 Å². The fraction of sp³-hybridized carbons (Fsp3) is 0.417. The molecular weight excluding hydrogens is 244 g/mol. The van der Waals surface area contributed by atoms with E-state index in [0.717, 1.165) is 18.9 Å². The Bertz CT molecular complexity index is 461. The van der Waals surface area contributed by atoms with Crippen molar-refractivity contribution in [2.75, 3.05) is 19.1 Å². The molecule has 0 heterocycles. The van der Waals surface area contributed by atoms with Gasteiger partial charge in [-0.05, 0) is 24.8 Å². The van der Waals surface area contributed by atoms with Crippen LogP contribution < -0.4 is 5.73 Å². The number of benzene rings is 1. The lowest BCUT2D eigenvalue weighted by Crippen LogP contribution is -2.12. The van der Waals surface area contributed by atoms with Gasteiger partial charge in [0.05, 0.1) is 17.9 Å². The number of hydrogen-bond acceptors (Lipinski definition) is 4. The quantitative estimate of drug-likeness (QED) is 0.380. The Kier molecular flexibility index (Phi) is 3.76. The van der Waals surface area contributed by atoms with E-state index in [1.807, 2.05) is 0 Å². The first-order valence-electron chi connectivity index (χ1n) is 5.57. The lowest BCUT2D eigenvalue weighted by atomic mass is 10.2. The van der Waals surface area contributed by atoms with Crippen LogP contribution in [0.25, 0.3) is 0 Å². The number of ether oxygens (including phenoxy) is 2. The first kappa shape index (κ1) is 12.8. The Morgan fingerprint density at radius 1 is 1.33 bits per heavy atom. The summed E-state index contributed by atoms with van der Waals surface area (Å²) in [4.78, 5) is 11.5. The van der Waals surface area contributed by atoms with Crippen molar-refractivity contribution in [3.8, 4) is 0 Å². The second-order valence-electron chi connectivity index (χ2n) is 4.22. The van der Waals surface area contributed by atoms with Crippen LogP contribution in [0, 0.1) is 17.6 Å². The van der Waals surface area contributed by atoms with Crippen LogP contribution >= 0.6 is 0 Å². The smallest absolute Gasteiger partial charge is 0.343 e. The number of nitrogen functional groups attached to an aromatic ring is 1. The molecule has 0 aromatic heterocycles. The SMILES string of the molecule is Nc1cc(C(=O)OCOCC2CC2)c(F)cc1F. The first-order valence-corrected chi connectivity index (χ1v) is 5.57. The molecule has 1 aromatic carbocycles. The van der Waals surface area contributed by atoms with Crippen molar-refractivity contribution in [3.05, 3.63) is 29.3 Å². The van der Waals surface area contributed by atoms with Gasteiger partial charge in [0.2, 0.25) is 0 Å². The molecule has 6 heteroatoms. The van der Waals surface area contributed by atoms with Crippen LogP contribution in [0.15, 0.2) is 12.1 Å². The standard InChI is InChI=1S/C12H13F2NO3/c13-9-4-10(14)11(15)3-8(9)12(16)18-6-17-5-7-1-2-7/h3-4,7H,1-2,5-6,15H2. The summed E-state index contributed by atoms with van der Waals surface area (Å²) in [5, 5.41) is 0. The number of anilines is 1. The van der Waals surface area contributed by atoms with E-state index in [-0.39, 0.29) is 12.5 Å². The number of hydrogen-bond donors (Lipinski definition) is 1. The Labute approximate surface area is 103 Å². The van der Waals surface area contributed by atoms with Crippen molar-refractivity contribution < 1.29 is 23.0 Å². The van der Waals surface area contributed by atoms with Crippen molar-refractivity contribution in [3.63, 3.8) is 0 Å². The second kappa shape index (κ2) is 5.30. The van der Waals surface area contributed by atoms with Gasteiger partial charge in [-0.3, -0.25) is 0 Å². The zero-order valence-corrected chi connectivity index (χ0v) is 9.62. The van der Waals surface area contributed by atoms with E-state index in [1.54, 1.807) is 0 Å². The van der Waals surface area contributed by atoms with Crippen molar-refractivity contribution in [1.82, 2.24) is 0 Å². The van der Waals surface area contributed by atoms with Crippen LogP contribution in [0.2, 0.25) is 0 Å². The van der Waals surface area contributed by atoms with Crippen molar-refractivity contribution >= 4 is 11.7 Å². The Morgan fingerprint density at radius 3 is 2.72 bits per heavy atom. The predicted molar refractivity (Wildman–Crippen MR) is 59.7 cm³/mol. The van der Waals surface area contributed by atoms with Gasteiger partial charge in [-0.25, -0.2) is 13.6 Å². The molecule has 0 radical (unpaired) electrons. The molecule has 1 fully saturated rings. The van der Waals surface area contributed by atoms with E-state index in [2.05, 4.69) is 0 Å². The summed E-state index contributed by atoms with van der Waals surface area (Å²) in [6.45, 7) is 0.285. The van der Waals surface area contributed by atoms with Gasteiger partial charge in [-0.2, -0.15) is 0 Å². The van der Waals surface area contributed by atoms with Crippen molar-refractivity contribution in [2.45, 2.75) is 12.8 Å². The molecule has 1 saturated carbocycles. The van der Waals surface area contributed by atoms with E-state index >= 15 is 0 Å². The van der Waals surface area contributed by atoms with E-state index in [4.69, 9.17) is 15.2 Å². The van der Waals surface area contributed by atoms with E-state index in [9.17, 15) is 13.6 Å². The maximum Gasteiger partial charge on any atom is 0.343 e. The maximum absolute atomic E-state index is 13.3. The van der Waals surface area contributed by atoms with E-state index < -0.39 is 23.2 Å². The van der Waals surface area contributed by atoms with Gasteiger partial charge in [0.15, 0.2) is 6.79 Å². The van der Waals surface area contributed by atoms with Gasteiger partial charge in [-0.15, -0.1) is 0 Å². The number of esters is 1. The molecule has 0 aliphatic heterocycles. The molecule has 1 aliphatic rings. The largest absolute Gasteiger partial charge is 0.435 e. The molecule has 1 aromatic rings. The molecule has 18 heavy (non-hydrogen) atoms. The summed E-state index contributed by atoms with van der Waals surface area (Å²) < 4.78 is 36.0. The molecule has 0 atom stereocenters. The summed E-state index contributed by atoms with van der Waals surface area (Å²) in [5.74, 6) is -2.29. The molecule has 2 rings (SSSR count). The minimum Gasteiger partial charge on any atom is -0.435 e. The van der Waals surface area contributed by atoms with Gasteiger partial charge >= 0.3 is 5.97 Å². The highest BCUT2D eigenvalue weighted by molar-refractivity contribution is 5.90. The highest BCUT2D eigenvalue weighted by Crippen LogP contribution is 2.28. The highest BCUT2D eigenvalue weighted by atomic mass is 19.1. The lowest BCUT2D eigenvalue weighted by molar-refractivity contribution is -0.0347. The molecule has 2 N–H and O–H groups in total. The third kappa shape index (κ3) is 3.16. The summed E-state index contributed by atoms with van der Waals surface area (Å²) in [6, 6.07) is 1.46. The van der Waals surface area contributed by atoms with Crippen LogP contribution in [-0.2, 0) is 9.47 Å². The molecule has 1 aliphatic carbocycles. The average Bonchev–Trinajstić information content (AvgIpc) is 3.13. The molecule has 0 unspecified atom stereocenters. The molecule has 98 valence electrons. The number of carbonyl (C=O) groups is 1. The van der Waals surface area contributed by atoms with Crippen LogP contribution in [0.3, 0.4) is 0 Å². The van der Waals surface area contributed by atoms with Gasteiger partial charge in [0.25, 0.3) is 0 Å². The molecule has 0 saturated heterocycles.